The lowest BCUT2D eigenvalue weighted by atomic mass is 9.78. The number of piperidine rings is 1. The summed E-state index contributed by atoms with van der Waals surface area (Å²) < 4.78 is 14.3. The number of amides is 2. The van der Waals surface area contributed by atoms with Gasteiger partial charge in [-0.3, -0.25) is 9.59 Å². The number of H-pyrrole nitrogens is 1. The molecule has 2 aliphatic rings. The number of likely N-dealkylation sites (tertiary alicyclic amines) is 1. The largest absolute Gasteiger partial charge is 0.348 e. The number of carbonyl (C=O) groups is 2. The molecule has 148 valence electrons. The van der Waals surface area contributed by atoms with Crippen molar-refractivity contribution in [1.82, 2.24) is 19.8 Å². The van der Waals surface area contributed by atoms with Gasteiger partial charge in [-0.05, 0) is 37.5 Å². The second-order valence-electron chi connectivity index (χ2n) is 7.69. The van der Waals surface area contributed by atoms with Crippen molar-refractivity contribution in [3.8, 4) is 0 Å². The maximum Gasteiger partial charge on any atom is 0.256 e. The van der Waals surface area contributed by atoms with Crippen LogP contribution in [0, 0.1) is 12.7 Å². The smallest absolute Gasteiger partial charge is 0.256 e. The maximum absolute atomic E-state index is 14.3. The molecule has 1 spiro atoms. The molecule has 0 atom stereocenters. The van der Waals surface area contributed by atoms with Crippen LogP contribution in [0.15, 0.2) is 24.5 Å². The molecule has 7 heteroatoms. The van der Waals surface area contributed by atoms with Crippen LogP contribution < -0.4 is 0 Å². The number of hydrogen-bond donors (Lipinski definition) is 1. The Morgan fingerprint density at radius 1 is 1.25 bits per heavy atom. The summed E-state index contributed by atoms with van der Waals surface area (Å²) in [6.45, 7) is 5.25. The molecule has 1 aromatic carbocycles. The first-order chi connectivity index (χ1) is 13.5. The lowest BCUT2D eigenvalue weighted by Crippen LogP contribution is -2.58. The highest BCUT2D eigenvalue weighted by molar-refractivity contribution is 5.94. The van der Waals surface area contributed by atoms with Gasteiger partial charge in [0.25, 0.3) is 5.91 Å². The minimum atomic E-state index is -0.486. The monoisotopic (exact) mass is 384 g/mol. The number of aromatic nitrogens is 2. The van der Waals surface area contributed by atoms with E-state index in [0.29, 0.717) is 38.9 Å². The number of rotatable bonds is 2. The zero-order chi connectivity index (χ0) is 19.9. The fourth-order valence-electron chi connectivity index (χ4n) is 4.58. The molecule has 0 radical (unpaired) electrons. The molecule has 0 bridgehead atoms. The molecule has 28 heavy (non-hydrogen) atoms. The molecule has 1 fully saturated rings. The second-order valence-corrected chi connectivity index (χ2v) is 7.69. The number of nitrogens with one attached hydrogen (secondary N) is 1. The molecule has 1 saturated heterocycles. The topological polar surface area (TPSA) is 69.3 Å². The van der Waals surface area contributed by atoms with Crippen molar-refractivity contribution in [2.24, 2.45) is 0 Å². The van der Waals surface area contributed by atoms with E-state index in [1.165, 1.54) is 6.07 Å². The lowest BCUT2D eigenvalue weighted by Gasteiger charge is -2.50. The van der Waals surface area contributed by atoms with Gasteiger partial charge >= 0.3 is 0 Å². The Morgan fingerprint density at radius 2 is 2.00 bits per heavy atom. The molecule has 2 aliphatic heterocycles. The molecule has 0 unspecified atom stereocenters. The molecule has 3 heterocycles. The van der Waals surface area contributed by atoms with Crippen LogP contribution in [0.1, 0.15) is 53.5 Å². The fraction of sp³-hybridized carbons (Fsp3) is 0.476. The lowest BCUT2D eigenvalue weighted by molar-refractivity contribution is -0.141. The van der Waals surface area contributed by atoms with Gasteiger partial charge in [0.15, 0.2) is 0 Å². The van der Waals surface area contributed by atoms with Crippen molar-refractivity contribution in [3.63, 3.8) is 0 Å². The van der Waals surface area contributed by atoms with Crippen molar-refractivity contribution in [1.29, 1.82) is 0 Å². The van der Waals surface area contributed by atoms with Crippen LogP contribution >= 0.6 is 0 Å². The van der Waals surface area contributed by atoms with Gasteiger partial charge in [-0.1, -0.05) is 13.0 Å². The van der Waals surface area contributed by atoms with E-state index in [1.807, 2.05) is 11.8 Å². The molecule has 1 N–H and O–H groups in total. The highest BCUT2D eigenvalue weighted by Crippen LogP contribution is 2.42. The summed E-state index contributed by atoms with van der Waals surface area (Å²) >= 11 is 0. The van der Waals surface area contributed by atoms with Gasteiger partial charge in [0.05, 0.1) is 23.1 Å². The number of aryl methyl sites for hydroxylation is 1. The quantitative estimate of drug-likeness (QED) is 0.866. The van der Waals surface area contributed by atoms with Gasteiger partial charge in [-0.25, -0.2) is 9.37 Å². The van der Waals surface area contributed by atoms with E-state index in [-0.39, 0.29) is 17.4 Å². The number of benzene rings is 1. The zero-order valence-corrected chi connectivity index (χ0v) is 16.3. The van der Waals surface area contributed by atoms with Gasteiger partial charge < -0.3 is 14.8 Å². The molecule has 2 amide bonds. The average molecular weight is 384 g/mol. The predicted octanol–water partition coefficient (Wildman–Crippen LogP) is 2.78. The molecular weight excluding hydrogens is 359 g/mol. The van der Waals surface area contributed by atoms with Gasteiger partial charge in [-0.15, -0.1) is 0 Å². The third kappa shape index (κ3) is 2.89. The van der Waals surface area contributed by atoms with E-state index in [9.17, 15) is 14.0 Å². The maximum atomic E-state index is 14.3. The van der Waals surface area contributed by atoms with Crippen LogP contribution in [0.2, 0.25) is 0 Å². The van der Waals surface area contributed by atoms with Crippen molar-refractivity contribution < 1.29 is 14.0 Å². The SMILES string of the molecule is CCC(=O)N1CCc2[nH]cnc2C12CCN(C(=O)c1ccc(C)cc1F)CC2. The number of fused-ring (bicyclic) bond motifs is 2. The third-order valence-corrected chi connectivity index (χ3v) is 6.10. The van der Waals surface area contributed by atoms with Gasteiger partial charge in [0.1, 0.15) is 5.82 Å². The van der Waals surface area contributed by atoms with Crippen molar-refractivity contribution in [2.45, 2.75) is 45.1 Å². The molecule has 2 aromatic rings. The number of halogens is 1. The van der Waals surface area contributed by atoms with E-state index < -0.39 is 11.4 Å². The van der Waals surface area contributed by atoms with Crippen LogP contribution in [0.4, 0.5) is 4.39 Å². The van der Waals surface area contributed by atoms with E-state index >= 15 is 0 Å². The Balaban J connectivity index is 1.59. The average Bonchev–Trinajstić information content (AvgIpc) is 3.18. The summed E-state index contributed by atoms with van der Waals surface area (Å²) in [6.07, 6.45) is 4.11. The highest BCUT2D eigenvalue weighted by Gasteiger charge is 2.48. The van der Waals surface area contributed by atoms with Crippen molar-refractivity contribution in [3.05, 3.63) is 52.9 Å². The molecule has 0 saturated carbocycles. The number of aromatic amines is 1. The molecule has 0 aliphatic carbocycles. The molecular formula is C21H25FN4O2. The van der Waals surface area contributed by atoms with Crippen molar-refractivity contribution in [2.75, 3.05) is 19.6 Å². The fourth-order valence-corrected chi connectivity index (χ4v) is 4.58. The normalized spacial score (nSPS) is 18.2. The summed E-state index contributed by atoms with van der Waals surface area (Å²) in [5.74, 6) is -0.669. The summed E-state index contributed by atoms with van der Waals surface area (Å²) in [7, 11) is 0. The van der Waals surface area contributed by atoms with Crippen LogP contribution in [0.3, 0.4) is 0 Å². The van der Waals surface area contributed by atoms with Gasteiger partial charge in [0.2, 0.25) is 5.91 Å². The van der Waals surface area contributed by atoms with E-state index in [1.54, 1.807) is 30.3 Å². The minimum absolute atomic E-state index is 0.104. The first-order valence-corrected chi connectivity index (χ1v) is 9.85. The molecule has 1 aromatic heterocycles. The number of hydrogen-bond acceptors (Lipinski definition) is 3. The predicted molar refractivity (Wildman–Crippen MR) is 102 cm³/mol. The van der Waals surface area contributed by atoms with Crippen LogP contribution in [0.25, 0.3) is 0 Å². The molecule has 6 nitrogen and oxygen atoms in total. The minimum Gasteiger partial charge on any atom is -0.348 e. The van der Waals surface area contributed by atoms with E-state index in [2.05, 4.69) is 9.97 Å². The van der Waals surface area contributed by atoms with Gasteiger partial charge in [0, 0.05) is 38.2 Å². The number of carbonyl (C=O) groups excluding carboxylic acids is 2. The summed E-state index contributed by atoms with van der Waals surface area (Å²) in [5, 5.41) is 0. The summed E-state index contributed by atoms with van der Waals surface area (Å²) in [4.78, 5) is 36.9. The number of nitrogens with zero attached hydrogens (tertiary/aromatic N) is 3. The Hall–Kier alpha value is -2.70. The highest BCUT2D eigenvalue weighted by atomic mass is 19.1. The summed E-state index contributed by atoms with van der Waals surface area (Å²) in [5.41, 5.74) is 2.41. The Kier molecular flexibility index (Phi) is 4.69. The standard InChI is InChI=1S/C21H25FN4O2/c1-3-18(27)26-9-6-17-19(24-13-23-17)21(26)7-10-25(11-8-21)20(28)15-5-4-14(2)12-16(15)22/h4-5,12-13H,3,6-11H2,1-2H3,(H,23,24). The first kappa shape index (κ1) is 18.7. The number of imidazole rings is 1. The van der Waals surface area contributed by atoms with Crippen LogP contribution in [0.5, 0.6) is 0 Å². The Bertz CT molecular complexity index is 915. The Labute approximate surface area is 163 Å². The summed E-state index contributed by atoms with van der Waals surface area (Å²) in [6, 6.07) is 4.69. The first-order valence-electron chi connectivity index (χ1n) is 9.85. The van der Waals surface area contributed by atoms with Crippen molar-refractivity contribution >= 4 is 11.8 Å². The zero-order valence-electron chi connectivity index (χ0n) is 16.3. The van der Waals surface area contributed by atoms with E-state index in [4.69, 9.17) is 0 Å². The molecule has 4 rings (SSSR count). The van der Waals surface area contributed by atoms with Crippen LogP contribution in [-0.2, 0) is 16.8 Å². The van der Waals surface area contributed by atoms with Crippen LogP contribution in [-0.4, -0.2) is 51.2 Å². The Morgan fingerprint density at radius 3 is 2.68 bits per heavy atom. The van der Waals surface area contributed by atoms with E-state index in [0.717, 1.165) is 23.4 Å². The second kappa shape index (κ2) is 7.04. The van der Waals surface area contributed by atoms with Gasteiger partial charge in [-0.2, -0.15) is 0 Å². The third-order valence-electron chi connectivity index (χ3n) is 6.10.